The molecule has 0 fully saturated rings. The number of amides is 2. The van der Waals surface area contributed by atoms with Crippen LogP contribution < -0.4 is 11.3 Å². The van der Waals surface area contributed by atoms with E-state index < -0.39 is 5.54 Å². The number of hydrazine groups is 1. The molecule has 0 aliphatic carbocycles. The number of nitrogens with two attached hydrogens (primary N) is 1. The Bertz CT molecular complexity index is 327. The minimum Gasteiger partial charge on any atom is -0.271 e. The maximum atomic E-state index is 11.6. The molecule has 90 valence electrons. The van der Waals surface area contributed by atoms with Crippen molar-refractivity contribution in [2.45, 2.75) is 45.2 Å². The summed E-state index contributed by atoms with van der Waals surface area (Å²) in [5, 5.41) is 0. The molecule has 0 spiro atoms. The number of hydrogen-bond donors (Lipinski definition) is 2. The van der Waals surface area contributed by atoms with Gasteiger partial charge in [0.15, 0.2) is 0 Å². The Balaban J connectivity index is 2.86. The van der Waals surface area contributed by atoms with Crippen LogP contribution in [0.3, 0.4) is 0 Å². The van der Waals surface area contributed by atoms with Crippen molar-refractivity contribution in [2.24, 2.45) is 5.84 Å². The molecule has 2 amide bonds. The van der Waals surface area contributed by atoms with Gasteiger partial charge in [0.25, 0.3) is 11.8 Å². The van der Waals surface area contributed by atoms with Gasteiger partial charge in [-0.15, -0.1) is 0 Å². The molecule has 0 atom stereocenters. The van der Waals surface area contributed by atoms with Crippen LogP contribution in [-0.4, -0.2) is 27.8 Å². The van der Waals surface area contributed by atoms with Crippen LogP contribution in [0.2, 0.25) is 0 Å². The number of carbonyl (C=O) groups is 2. The summed E-state index contributed by atoms with van der Waals surface area (Å²) in [6, 6.07) is 0. The topological polar surface area (TPSA) is 75.4 Å². The molecule has 0 radical (unpaired) electrons. The lowest BCUT2D eigenvalue weighted by Crippen LogP contribution is -2.55. The van der Waals surface area contributed by atoms with Crippen LogP contribution in [0.25, 0.3) is 0 Å². The first-order chi connectivity index (χ1) is 7.19. The van der Waals surface area contributed by atoms with Gasteiger partial charge < -0.3 is 0 Å². The zero-order valence-electron chi connectivity index (χ0n) is 10.2. The van der Waals surface area contributed by atoms with E-state index in [1.54, 1.807) is 0 Å². The summed E-state index contributed by atoms with van der Waals surface area (Å²) in [6.07, 6.45) is 3.18. The molecule has 0 bridgehead atoms. The molecule has 0 unspecified atom stereocenters. The van der Waals surface area contributed by atoms with Crippen molar-refractivity contribution in [1.29, 1.82) is 0 Å². The Hall–Kier alpha value is -1.20. The quantitative estimate of drug-likeness (QED) is 0.410. The van der Waals surface area contributed by atoms with Crippen LogP contribution in [-0.2, 0) is 9.59 Å². The number of hydrogen-bond acceptors (Lipinski definition) is 4. The van der Waals surface area contributed by atoms with Gasteiger partial charge in [-0.1, -0.05) is 0 Å². The lowest BCUT2D eigenvalue weighted by atomic mass is 9.86. The zero-order chi connectivity index (χ0) is 12.6. The van der Waals surface area contributed by atoms with Crippen LogP contribution in [0, 0.1) is 0 Å². The van der Waals surface area contributed by atoms with Gasteiger partial charge in [0.05, 0.1) is 0 Å². The first kappa shape index (κ1) is 12.9. The molecule has 0 saturated heterocycles. The average Bonchev–Trinajstić information content (AvgIpc) is 2.44. The molecule has 5 heteroatoms. The summed E-state index contributed by atoms with van der Waals surface area (Å²) in [5.41, 5.74) is 1.78. The van der Waals surface area contributed by atoms with E-state index in [4.69, 9.17) is 5.84 Å². The highest BCUT2D eigenvalue weighted by atomic mass is 16.2. The summed E-state index contributed by atoms with van der Waals surface area (Å²) in [5.74, 6) is 4.90. The second kappa shape index (κ2) is 3.99. The van der Waals surface area contributed by atoms with Crippen molar-refractivity contribution >= 4 is 11.8 Å². The van der Waals surface area contributed by atoms with Crippen molar-refractivity contribution in [1.82, 2.24) is 10.3 Å². The summed E-state index contributed by atoms with van der Waals surface area (Å²) in [6.45, 7) is 7.56. The minimum absolute atomic E-state index is 0.261. The van der Waals surface area contributed by atoms with Crippen LogP contribution in [0.1, 0.15) is 34.1 Å². The Morgan fingerprint density at radius 3 is 2.00 bits per heavy atom. The monoisotopic (exact) mass is 225 g/mol. The van der Waals surface area contributed by atoms with Gasteiger partial charge in [0, 0.05) is 23.2 Å². The fraction of sp³-hybridized carbons (Fsp3) is 0.636. The molecule has 3 N–H and O–H groups in total. The zero-order valence-corrected chi connectivity index (χ0v) is 10.2. The number of nitrogens with one attached hydrogen (secondary N) is 1. The lowest BCUT2D eigenvalue weighted by molar-refractivity contribution is -0.143. The van der Waals surface area contributed by atoms with E-state index in [-0.39, 0.29) is 17.4 Å². The fourth-order valence-electron chi connectivity index (χ4n) is 2.21. The van der Waals surface area contributed by atoms with E-state index in [2.05, 4.69) is 5.43 Å². The van der Waals surface area contributed by atoms with Gasteiger partial charge in [-0.2, -0.15) is 0 Å². The molecule has 0 saturated carbocycles. The Labute approximate surface area is 95.6 Å². The molecular weight excluding hydrogens is 206 g/mol. The summed E-state index contributed by atoms with van der Waals surface area (Å²) < 4.78 is 0. The van der Waals surface area contributed by atoms with E-state index in [1.807, 2.05) is 27.7 Å². The van der Waals surface area contributed by atoms with E-state index in [0.29, 0.717) is 6.42 Å². The Morgan fingerprint density at radius 2 is 1.62 bits per heavy atom. The minimum atomic E-state index is -0.562. The molecular formula is C11H19N3O2. The fourth-order valence-corrected chi connectivity index (χ4v) is 2.21. The van der Waals surface area contributed by atoms with Crippen molar-refractivity contribution < 1.29 is 9.59 Å². The number of rotatable bonds is 4. The van der Waals surface area contributed by atoms with E-state index >= 15 is 0 Å². The first-order valence-electron chi connectivity index (χ1n) is 5.24. The second-order valence-electron chi connectivity index (χ2n) is 5.36. The normalized spacial score (nSPS) is 17.4. The van der Waals surface area contributed by atoms with E-state index in [1.165, 1.54) is 17.1 Å². The Morgan fingerprint density at radius 1 is 1.19 bits per heavy atom. The maximum absolute atomic E-state index is 11.6. The standard InChI is InChI=1S/C11H19N3O2/c1-10(2,13-12)7-11(3,4)14-8(15)5-6-9(14)16/h5-6,13H,7,12H2,1-4H3. The van der Waals surface area contributed by atoms with Crippen molar-refractivity contribution in [3.63, 3.8) is 0 Å². The third-order valence-corrected chi connectivity index (χ3v) is 2.68. The lowest BCUT2D eigenvalue weighted by Gasteiger charge is -2.39. The smallest absolute Gasteiger partial charge is 0.254 e. The molecule has 1 aliphatic rings. The van der Waals surface area contributed by atoms with Crippen molar-refractivity contribution in [2.75, 3.05) is 0 Å². The molecule has 0 aromatic rings. The molecule has 1 aliphatic heterocycles. The van der Waals surface area contributed by atoms with E-state index in [9.17, 15) is 9.59 Å². The predicted molar refractivity (Wildman–Crippen MR) is 61.1 cm³/mol. The summed E-state index contributed by atoms with van der Waals surface area (Å²) in [4.78, 5) is 24.4. The van der Waals surface area contributed by atoms with Gasteiger partial charge in [-0.05, 0) is 34.1 Å². The summed E-state index contributed by atoms with van der Waals surface area (Å²) in [7, 11) is 0. The number of carbonyl (C=O) groups excluding carboxylic acids is 2. The van der Waals surface area contributed by atoms with Crippen LogP contribution in [0.4, 0.5) is 0 Å². The van der Waals surface area contributed by atoms with Gasteiger partial charge in [0.1, 0.15) is 0 Å². The molecule has 1 rings (SSSR count). The molecule has 0 aromatic carbocycles. The van der Waals surface area contributed by atoms with Gasteiger partial charge in [-0.25, -0.2) is 0 Å². The highest BCUT2D eigenvalue weighted by Crippen LogP contribution is 2.28. The number of nitrogens with zero attached hydrogens (tertiary/aromatic N) is 1. The van der Waals surface area contributed by atoms with Gasteiger partial charge in [0.2, 0.25) is 0 Å². The van der Waals surface area contributed by atoms with Crippen molar-refractivity contribution in [3.05, 3.63) is 12.2 Å². The third-order valence-electron chi connectivity index (χ3n) is 2.68. The highest BCUT2D eigenvalue weighted by molar-refractivity contribution is 6.13. The third kappa shape index (κ3) is 2.48. The van der Waals surface area contributed by atoms with Crippen molar-refractivity contribution in [3.8, 4) is 0 Å². The van der Waals surface area contributed by atoms with Crippen LogP contribution in [0.15, 0.2) is 12.2 Å². The predicted octanol–water partition coefficient (Wildman–Crippen LogP) is 0.322. The molecule has 1 heterocycles. The van der Waals surface area contributed by atoms with Crippen LogP contribution in [0.5, 0.6) is 0 Å². The molecule has 5 nitrogen and oxygen atoms in total. The number of imide groups is 1. The largest absolute Gasteiger partial charge is 0.271 e. The SMILES string of the molecule is CC(C)(CC(C)(C)N1C(=O)C=CC1=O)NN. The molecule has 0 aromatic heterocycles. The second-order valence-corrected chi connectivity index (χ2v) is 5.36. The first-order valence-corrected chi connectivity index (χ1v) is 5.24. The van der Waals surface area contributed by atoms with Gasteiger partial charge in [-0.3, -0.25) is 25.8 Å². The van der Waals surface area contributed by atoms with Gasteiger partial charge >= 0.3 is 0 Å². The van der Waals surface area contributed by atoms with E-state index in [0.717, 1.165) is 0 Å². The Kier molecular flexibility index (Phi) is 3.21. The maximum Gasteiger partial charge on any atom is 0.254 e. The average molecular weight is 225 g/mol. The highest BCUT2D eigenvalue weighted by Gasteiger charge is 2.40. The van der Waals surface area contributed by atoms with Crippen LogP contribution >= 0.6 is 0 Å². The molecule has 16 heavy (non-hydrogen) atoms. The summed E-state index contributed by atoms with van der Waals surface area (Å²) >= 11 is 0.